The van der Waals surface area contributed by atoms with Crippen molar-refractivity contribution in [3.63, 3.8) is 0 Å². The number of nitrogens with zero attached hydrogens (tertiary/aromatic N) is 1. The highest BCUT2D eigenvalue weighted by molar-refractivity contribution is 7.17. The van der Waals surface area contributed by atoms with Crippen molar-refractivity contribution in [3.05, 3.63) is 71.1 Å². The topological polar surface area (TPSA) is 81.7 Å². The SMILES string of the molecule is O=C(NOC1CCCCO1)c1ccc(-c2cccc(NCCOCc3ccccc3)n2)s1. The van der Waals surface area contributed by atoms with Gasteiger partial charge in [-0.1, -0.05) is 36.4 Å². The summed E-state index contributed by atoms with van der Waals surface area (Å²) in [7, 11) is 0. The quantitative estimate of drug-likeness (QED) is 0.344. The van der Waals surface area contributed by atoms with Gasteiger partial charge in [-0.25, -0.2) is 15.3 Å². The molecule has 32 heavy (non-hydrogen) atoms. The van der Waals surface area contributed by atoms with Gasteiger partial charge in [0.2, 0.25) is 0 Å². The highest BCUT2D eigenvalue weighted by Gasteiger charge is 2.17. The molecule has 1 unspecified atom stereocenters. The normalized spacial score (nSPS) is 15.9. The Hall–Kier alpha value is -2.78. The van der Waals surface area contributed by atoms with Gasteiger partial charge in [0.25, 0.3) is 5.91 Å². The molecule has 1 aliphatic heterocycles. The summed E-state index contributed by atoms with van der Waals surface area (Å²) < 4.78 is 11.2. The minimum absolute atomic E-state index is 0.278. The molecule has 168 valence electrons. The number of aromatic nitrogens is 1. The highest BCUT2D eigenvalue weighted by atomic mass is 32.1. The number of nitrogens with one attached hydrogen (secondary N) is 2. The monoisotopic (exact) mass is 453 g/mol. The predicted molar refractivity (Wildman–Crippen MR) is 124 cm³/mol. The van der Waals surface area contributed by atoms with Gasteiger partial charge in [-0.2, -0.15) is 0 Å². The first-order valence-electron chi connectivity index (χ1n) is 10.8. The van der Waals surface area contributed by atoms with Crippen LogP contribution in [0, 0.1) is 0 Å². The van der Waals surface area contributed by atoms with Crippen LogP contribution in [0.25, 0.3) is 10.6 Å². The van der Waals surface area contributed by atoms with E-state index in [2.05, 4.69) is 15.8 Å². The summed E-state index contributed by atoms with van der Waals surface area (Å²) in [5.74, 6) is 0.489. The number of carbonyl (C=O) groups is 1. The van der Waals surface area contributed by atoms with Gasteiger partial charge in [0.15, 0.2) is 6.29 Å². The fourth-order valence-corrected chi connectivity index (χ4v) is 4.12. The Labute approximate surface area is 191 Å². The summed E-state index contributed by atoms with van der Waals surface area (Å²) in [6.45, 7) is 2.49. The molecule has 0 saturated carbocycles. The van der Waals surface area contributed by atoms with Crippen LogP contribution >= 0.6 is 11.3 Å². The molecule has 1 saturated heterocycles. The van der Waals surface area contributed by atoms with E-state index in [9.17, 15) is 4.79 Å². The third-order valence-corrected chi connectivity index (χ3v) is 6.02. The van der Waals surface area contributed by atoms with Crippen molar-refractivity contribution in [3.8, 4) is 10.6 Å². The van der Waals surface area contributed by atoms with Crippen LogP contribution in [0.4, 0.5) is 5.82 Å². The maximum absolute atomic E-state index is 12.4. The Balaban J connectivity index is 1.24. The number of pyridine rings is 1. The number of hydroxylamine groups is 1. The number of rotatable bonds is 10. The molecule has 2 N–H and O–H groups in total. The predicted octanol–water partition coefficient (Wildman–Crippen LogP) is 4.63. The first kappa shape index (κ1) is 22.4. The fourth-order valence-electron chi connectivity index (χ4n) is 3.26. The fraction of sp³-hybridized carbons (Fsp3) is 0.333. The van der Waals surface area contributed by atoms with Crippen molar-refractivity contribution in [2.45, 2.75) is 32.2 Å². The average Bonchev–Trinajstić information content (AvgIpc) is 3.34. The second-order valence-corrected chi connectivity index (χ2v) is 8.47. The summed E-state index contributed by atoms with van der Waals surface area (Å²) in [6.07, 6.45) is 2.49. The Morgan fingerprint density at radius 2 is 2.00 bits per heavy atom. The highest BCUT2D eigenvalue weighted by Crippen LogP contribution is 2.27. The lowest BCUT2D eigenvalue weighted by atomic mass is 10.2. The molecule has 0 spiro atoms. The van der Waals surface area contributed by atoms with E-state index in [-0.39, 0.29) is 12.2 Å². The van der Waals surface area contributed by atoms with E-state index in [0.29, 0.717) is 31.2 Å². The van der Waals surface area contributed by atoms with E-state index in [0.717, 1.165) is 41.2 Å². The Morgan fingerprint density at radius 3 is 2.84 bits per heavy atom. The number of ether oxygens (including phenoxy) is 2. The van der Waals surface area contributed by atoms with Crippen LogP contribution in [-0.2, 0) is 20.9 Å². The lowest BCUT2D eigenvalue weighted by Gasteiger charge is -2.21. The molecule has 1 atom stereocenters. The summed E-state index contributed by atoms with van der Waals surface area (Å²) in [5.41, 5.74) is 4.46. The molecule has 0 bridgehead atoms. The van der Waals surface area contributed by atoms with Gasteiger partial charge in [-0.15, -0.1) is 11.3 Å². The first-order chi connectivity index (χ1) is 15.8. The maximum Gasteiger partial charge on any atom is 0.285 e. The molecule has 1 fully saturated rings. The van der Waals surface area contributed by atoms with Gasteiger partial charge >= 0.3 is 0 Å². The summed E-state index contributed by atoms with van der Waals surface area (Å²) in [6, 6.07) is 19.6. The molecule has 1 aromatic carbocycles. The lowest BCUT2D eigenvalue weighted by Crippen LogP contribution is -2.32. The zero-order chi connectivity index (χ0) is 22.0. The zero-order valence-corrected chi connectivity index (χ0v) is 18.6. The number of amides is 1. The van der Waals surface area contributed by atoms with E-state index < -0.39 is 0 Å². The first-order valence-corrected chi connectivity index (χ1v) is 11.6. The van der Waals surface area contributed by atoms with Crippen LogP contribution in [0.5, 0.6) is 0 Å². The third kappa shape index (κ3) is 6.61. The molecule has 3 heterocycles. The van der Waals surface area contributed by atoms with Crippen molar-refractivity contribution >= 4 is 23.1 Å². The van der Waals surface area contributed by atoms with E-state index in [1.165, 1.54) is 11.3 Å². The molecule has 0 radical (unpaired) electrons. The third-order valence-electron chi connectivity index (χ3n) is 4.92. The molecule has 0 aliphatic carbocycles. The lowest BCUT2D eigenvalue weighted by molar-refractivity contribution is -0.186. The van der Waals surface area contributed by atoms with Crippen molar-refractivity contribution < 1.29 is 19.1 Å². The van der Waals surface area contributed by atoms with Crippen LogP contribution in [0.2, 0.25) is 0 Å². The Bertz CT molecular complexity index is 990. The minimum Gasteiger partial charge on any atom is -0.375 e. The molecule has 1 amide bonds. The number of benzene rings is 1. The molecule has 1 aliphatic rings. The van der Waals surface area contributed by atoms with Crippen molar-refractivity contribution in [1.29, 1.82) is 0 Å². The van der Waals surface area contributed by atoms with Crippen LogP contribution < -0.4 is 10.8 Å². The van der Waals surface area contributed by atoms with Crippen molar-refractivity contribution in [2.24, 2.45) is 0 Å². The van der Waals surface area contributed by atoms with E-state index in [1.807, 2.05) is 54.6 Å². The van der Waals surface area contributed by atoms with Crippen LogP contribution in [0.15, 0.2) is 60.7 Å². The standard InChI is InChI=1S/C24H27N3O4S/c28-24(27-31-23-11-4-5-15-30-23)21-13-12-20(32-21)19-9-6-10-22(26-19)25-14-16-29-17-18-7-2-1-3-8-18/h1-3,6-10,12-13,23H,4-5,11,14-17H2,(H,25,26)(H,27,28). The number of hydrogen-bond acceptors (Lipinski definition) is 7. The second-order valence-electron chi connectivity index (χ2n) is 7.38. The van der Waals surface area contributed by atoms with E-state index in [1.54, 1.807) is 6.07 Å². The molecule has 3 aromatic rings. The minimum atomic E-state index is -0.367. The molecular formula is C24H27N3O4S. The molecule has 2 aromatic heterocycles. The Kier molecular flexibility index (Phi) is 8.22. The van der Waals surface area contributed by atoms with Gasteiger partial charge in [0, 0.05) is 19.6 Å². The van der Waals surface area contributed by atoms with E-state index >= 15 is 0 Å². The summed E-state index contributed by atoms with van der Waals surface area (Å²) in [5, 5.41) is 3.28. The molecule has 8 heteroatoms. The number of anilines is 1. The van der Waals surface area contributed by atoms with Gasteiger partial charge < -0.3 is 14.8 Å². The van der Waals surface area contributed by atoms with Crippen molar-refractivity contribution in [1.82, 2.24) is 10.5 Å². The molecule has 4 rings (SSSR count). The zero-order valence-electron chi connectivity index (χ0n) is 17.8. The molecule has 7 nitrogen and oxygen atoms in total. The smallest absolute Gasteiger partial charge is 0.285 e. The Morgan fingerprint density at radius 1 is 1.09 bits per heavy atom. The maximum atomic E-state index is 12.4. The van der Waals surface area contributed by atoms with Gasteiger partial charge in [-0.3, -0.25) is 4.79 Å². The number of hydrogen-bond donors (Lipinski definition) is 2. The van der Waals surface area contributed by atoms with Crippen LogP contribution in [-0.4, -0.2) is 36.9 Å². The van der Waals surface area contributed by atoms with E-state index in [4.69, 9.17) is 14.3 Å². The van der Waals surface area contributed by atoms with Crippen molar-refractivity contribution in [2.75, 3.05) is 25.1 Å². The van der Waals surface area contributed by atoms with Crippen LogP contribution in [0.1, 0.15) is 34.5 Å². The number of thiophene rings is 1. The average molecular weight is 454 g/mol. The van der Waals surface area contributed by atoms with Gasteiger partial charge in [0.1, 0.15) is 5.82 Å². The van der Waals surface area contributed by atoms with Gasteiger partial charge in [0.05, 0.1) is 28.7 Å². The second kappa shape index (κ2) is 11.7. The largest absolute Gasteiger partial charge is 0.375 e. The number of carbonyl (C=O) groups excluding carboxylic acids is 1. The van der Waals surface area contributed by atoms with Crippen LogP contribution in [0.3, 0.4) is 0 Å². The summed E-state index contributed by atoms with van der Waals surface area (Å²) in [4.78, 5) is 23.9. The molecular weight excluding hydrogens is 426 g/mol. The van der Waals surface area contributed by atoms with Gasteiger partial charge in [-0.05, 0) is 42.7 Å². The summed E-state index contributed by atoms with van der Waals surface area (Å²) >= 11 is 1.37.